The standard InChI is InChI=1S/C19H19ClF2N2O2/c1-10(2)9-23-18(25)12-4-5-17(11(3)6-12)24-19(26)13-7-15(21)16(22)8-14(13)20/h4-8,10H,9H2,1-3H3,(H,23,25)(H,24,26). The van der Waals surface area contributed by atoms with E-state index in [0.717, 1.165) is 12.1 Å². The van der Waals surface area contributed by atoms with E-state index in [9.17, 15) is 18.4 Å². The maximum atomic E-state index is 13.4. The molecular weight excluding hydrogens is 362 g/mol. The van der Waals surface area contributed by atoms with Crippen molar-refractivity contribution < 1.29 is 18.4 Å². The van der Waals surface area contributed by atoms with Gasteiger partial charge in [0.15, 0.2) is 11.6 Å². The highest BCUT2D eigenvalue weighted by atomic mass is 35.5. The number of amides is 2. The Morgan fingerprint density at radius 3 is 2.35 bits per heavy atom. The highest BCUT2D eigenvalue weighted by molar-refractivity contribution is 6.34. The van der Waals surface area contributed by atoms with E-state index < -0.39 is 17.5 Å². The molecule has 2 rings (SSSR count). The van der Waals surface area contributed by atoms with Gasteiger partial charge in [-0.05, 0) is 48.7 Å². The highest BCUT2D eigenvalue weighted by Crippen LogP contribution is 2.23. The molecule has 138 valence electrons. The number of rotatable bonds is 5. The third kappa shape index (κ3) is 4.79. The smallest absolute Gasteiger partial charge is 0.257 e. The molecule has 0 saturated heterocycles. The van der Waals surface area contributed by atoms with Crippen LogP contribution in [0.15, 0.2) is 30.3 Å². The van der Waals surface area contributed by atoms with E-state index in [1.807, 2.05) is 13.8 Å². The van der Waals surface area contributed by atoms with Crippen molar-refractivity contribution in [1.82, 2.24) is 5.32 Å². The van der Waals surface area contributed by atoms with Crippen LogP contribution in [-0.2, 0) is 0 Å². The predicted molar refractivity (Wildman–Crippen MR) is 97.7 cm³/mol. The van der Waals surface area contributed by atoms with E-state index in [1.165, 1.54) is 0 Å². The summed E-state index contributed by atoms with van der Waals surface area (Å²) in [6, 6.07) is 6.28. The first-order chi connectivity index (χ1) is 12.2. The van der Waals surface area contributed by atoms with Crippen molar-refractivity contribution in [1.29, 1.82) is 0 Å². The van der Waals surface area contributed by atoms with Crippen LogP contribution >= 0.6 is 11.6 Å². The SMILES string of the molecule is Cc1cc(C(=O)NCC(C)C)ccc1NC(=O)c1cc(F)c(F)cc1Cl. The Morgan fingerprint density at radius 1 is 1.08 bits per heavy atom. The molecule has 0 aromatic heterocycles. The van der Waals surface area contributed by atoms with E-state index in [-0.39, 0.29) is 16.5 Å². The van der Waals surface area contributed by atoms with Crippen LogP contribution in [0.3, 0.4) is 0 Å². The minimum Gasteiger partial charge on any atom is -0.352 e. The number of nitrogens with one attached hydrogen (secondary N) is 2. The fourth-order valence-electron chi connectivity index (χ4n) is 2.23. The molecule has 0 aliphatic carbocycles. The van der Waals surface area contributed by atoms with Gasteiger partial charge in [-0.15, -0.1) is 0 Å². The molecule has 2 N–H and O–H groups in total. The Morgan fingerprint density at radius 2 is 1.73 bits per heavy atom. The van der Waals surface area contributed by atoms with E-state index in [1.54, 1.807) is 25.1 Å². The fraction of sp³-hybridized carbons (Fsp3) is 0.263. The number of carbonyl (C=O) groups excluding carboxylic acids is 2. The Kier molecular flexibility index (Phi) is 6.32. The second-order valence-electron chi connectivity index (χ2n) is 6.33. The van der Waals surface area contributed by atoms with Gasteiger partial charge in [0.25, 0.3) is 11.8 Å². The Bertz CT molecular complexity index is 854. The number of halogens is 3. The Balaban J connectivity index is 2.16. The third-order valence-electron chi connectivity index (χ3n) is 3.66. The molecule has 7 heteroatoms. The zero-order chi connectivity index (χ0) is 19.4. The summed E-state index contributed by atoms with van der Waals surface area (Å²) >= 11 is 5.81. The number of aryl methyl sites for hydroxylation is 1. The molecule has 0 bridgehead atoms. The largest absolute Gasteiger partial charge is 0.352 e. The average Bonchev–Trinajstić information content (AvgIpc) is 2.57. The first-order valence-electron chi connectivity index (χ1n) is 8.03. The zero-order valence-corrected chi connectivity index (χ0v) is 15.4. The van der Waals surface area contributed by atoms with Crippen LogP contribution in [0.25, 0.3) is 0 Å². The van der Waals surface area contributed by atoms with Crippen LogP contribution in [0.1, 0.15) is 40.1 Å². The quantitative estimate of drug-likeness (QED) is 0.747. The van der Waals surface area contributed by atoms with E-state index in [2.05, 4.69) is 10.6 Å². The summed E-state index contributed by atoms with van der Waals surface area (Å²) < 4.78 is 26.5. The van der Waals surface area contributed by atoms with Crippen LogP contribution in [0.4, 0.5) is 14.5 Å². The first kappa shape index (κ1) is 19.8. The van der Waals surface area contributed by atoms with Gasteiger partial charge in [0.2, 0.25) is 0 Å². The van der Waals surface area contributed by atoms with Gasteiger partial charge in [-0.1, -0.05) is 25.4 Å². The molecule has 0 spiro atoms. The second kappa shape index (κ2) is 8.27. The molecule has 0 saturated carbocycles. The molecule has 2 aromatic carbocycles. The molecule has 0 unspecified atom stereocenters. The van der Waals surface area contributed by atoms with Crippen molar-refractivity contribution in [3.63, 3.8) is 0 Å². The fourth-order valence-corrected chi connectivity index (χ4v) is 2.47. The van der Waals surface area contributed by atoms with Gasteiger partial charge in [0, 0.05) is 17.8 Å². The van der Waals surface area contributed by atoms with E-state index >= 15 is 0 Å². The van der Waals surface area contributed by atoms with E-state index in [4.69, 9.17) is 11.6 Å². The topological polar surface area (TPSA) is 58.2 Å². The van der Waals surface area contributed by atoms with Crippen LogP contribution < -0.4 is 10.6 Å². The number of hydrogen-bond acceptors (Lipinski definition) is 2. The molecule has 0 fully saturated rings. The molecule has 0 atom stereocenters. The predicted octanol–water partition coefficient (Wildman–Crippen LogP) is 4.56. The van der Waals surface area contributed by atoms with Gasteiger partial charge in [-0.3, -0.25) is 9.59 Å². The number of anilines is 1. The molecule has 4 nitrogen and oxygen atoms in total. The highest BCUT2D eigenvalue weighted by Gasteiger charge is 2.16. The second-order valence-corrected chi connectivity index (χ2v) is 6.74. The summed E-state index contributed by atoms with van der Waals surface area (Å²) in [7, 11) is 0. The summed E-state index contributed by atoms with van der Waals surface area (Å²) in [5, 5.41) is 5.20. The summed E-state index contributed by atoms with van der Waals surface area (Å²) in [5.41, 5.74) is 1.38. The van der Waals surface area contributed by atoms with Crippen molar-refractivity contribution in [2.75, 3.05) is 11.9 Å². The van der Waals surface area contributed by atoms with Crippen LogP contribution in [0.5, 0.6) is 0 Å². The van der Waals surface area contributed by atoms with Gasteiger partial charge in [0.1, 0.15) is 0 Å². The maximum absolute atomic E-state index is 13.4. The summed E-state index contributed by atoms with van der Waals surface area (Å²) in [4.78, 5) is 24.4. The van der Waals surface area contributed by atoms with Crippen LogP contribution in [-0.4, -0.2) is 18.4 Å². The monoisotopic (exact) mass is 380 g/mol. The van der Waals surface area contributed by atoms with Gasteiger partial charge in [-0.25, -0.2) is 8.78 Å². The minimum absolute atomic E-state index is 0.177. The van der Waals surface area contributed by atoms with Gasteiger partial charge >= 0.3 is 0 Å². The summed E-state index contributed by atoms with van der Waals surface area (Å²) in [6.07, 6.45) is 0. The van der Waals surface area contributed by atoms with Crippen LogP contribution in [0, 0.1) is 24.5 Å². The van der Waals surface area contributed by atoms with Gasteiger partial charge in [-0.2, -0.15) is 0 Å². The number of hydrogen-bond donors (Lipinski definition) is 2. The molecular formula is C19H19ClF2N2O2. The van der Waals surface area contributed by atoms with Crippen molar-refractivity contribution in [2.24, 2.45) is 5.92 Å². The molecule has 0 aliphatic rings. The molecule has 0 heterocycles. The number of carbonyl (C=O) groups is 2. The zero-order valence-electron chi connectivity index (χ0n) is 14.6. The van der Waals surface area contributed by atoms with Crippen molar-refractivity contribution >= 4 is 29.1 Å². The lowest BCUT2D eigenvalue weighted by molar-refractivity contribution is 0.0948. The minimum atomic E-state index is -1.16. The van der Waals surface area contributed by atoms with Gasteiger partial charge < -0.3 is 10.6 Å². The normalized spacial score (nSPS) is 10.7. The molecule has 0 aliphatic heterocycles. The van der Waals surface area contributed by atoms with Crippen molar-refractivity contribution in [3.8, 4) is 0 Å². The van der Waals surface area contributed by atoms with Crippen molar-refractivity contribution in [3.05, 3.63) is 63.7 Å². The molecule has 0 radical (unpaired) electrons. The lowest BCUT2D eigenvalue weighted by atomic mass is 10.1. The number of benzene rings is 2. The lowest BCUT2D eigenvalue weighted by Gasteiger charge is -2.12. The maximum Gasteiger partial charge on any atom is 0.257 e. The lowest BCUT2D eigenvalue weighted by Crippen LogP contribution is -2.27. The average molecular weight is 381 g/mol. The third-order valence-corrected chi connectivity index (χ3v) is 3.97. The summed E-state index contributed by atoms with van der Waals surface area (Å²) in [6.45, 7) is 6.27. The van der Waals surface area contributed by atoms with E-state index in [0.29, 0.717) is 29.3 Å². The summed E-state index contributed by atoms with van der Waals surface area (Å²) in [5.74, 6) is -2.83. The van der Waals surface area contributed by atoms with Crippen LogP contribution in [0.2, 0.25) is 5.02 Å². The first-order valence-corrected chi connectivity index (χ1v) is 8.41. The van der Waals surface area contributed by atoms with Crippen molar-refractivity contribution in [2.45, 2.75) is 20.8 Å². The van der Waals surface area contributed by atoms with Gasteiger partial charge in [0.05, 0.1) is 10.6 Å². The molecule has 2 amide bonds. The Labute approximate surface area is 155 Å². The molecule has 2 aromatic rings. The Hall–Kier alpha value is -2.47. The molecule has 26 heavy (non-hydrogen) atoms.